The second-order valence-corrected chi connectivity index (χ2v) is 6.31. The molecule has 3 rings (SSSR count). The number of hydrogen-bond donors (Lipinski definition) is 0. The first-order valence-corrected chi connectivity index (χ1v) is 8.96. The molecule has 0 N–H and O–H groups in total. The van der Waals surface area contributed by atoms with Crippen LogP contribution in [0.5, 0.6) is 0 Å². The molecule has 3 heterocycles. The first-order chi connectivity index (χ1) is 13.5. The molecule has 0 bridgehead atoms. The van der Waals surface area contributed by atoms with Gasteiger partial charge in [-0.1, -0.05) is 6.07 Å². The minimum atomic E-state index is -0.522. The molecule has 0 fully saturated rings. The van der Waals surface area contributed by atoms with Crippen molar-refractivity contribution in [1.82, 2.24) is 9.97 Å². The molecule has 0 radical (unpaired) electrons. The first-order valence-electron chi connectivity index (χ1n) is 8.96. The molecule has 1 aliphatic heterocycles. The van der Waals surface area contributed by atoms with Crippen LogP contribution < -0.4 is 4.90 Å². The molecule has 28 heavy (non-hydrogen) atoms. The zero-order chi connectivity index (χ0) is 20.1. The van der Waals surface area contributed by atoms with Gasteiger partial charge in [-0.2, -0.15) is 0 Å². The van der Waals surface area contributed by atoms with Gasteiger partial charge >= 0.3 is 11.9 Å². The Kier molecular flexibility index (Phi) is 5.98. The molecular weight excluding hydrogens is 362 g/mol. The number of pyridine rings is 2. The third-order valence-corrected chi connectivity index (χ3v) is 4.61. The fourth-order valence-corrected chi connectivity index (χ4v) is 3.22. The third kappa shape index (κ3) is 4.00. The summed E-state index contributed by atoms with van der Waals surface area (Å²) < 4.78 is 9.45. The van der Waals surface area contributed by atoms with Crippen molar-refractivity contribution in [3.05, 3.63) is 53.1 Å². The van der Waals surface area contributed by atoms with Crippen molar-refractivity contribution in [1.29, 1.82) is 0 Å². The molecule has 2 aromatic rings. The molecule has 0 unspecified atom stereocenters. The molecule has 2 aromatic heterocycles. The highest BCUT2D eigenvalue weighted by atomic mass is 16.5. The van der Waals surface area contributed by atoms with Crippen LogP contribution in [0.2, 0.25) is 0 Å². The van der Waals surface area contributed by atoms with Crippen LogP contribution in [0.3, 0.4) is 0 Å². The van der Waals surface area contributed by atoms with Crippen molar-refractivity contribution >= 4 is 23.5 Å². The summed E-state index contributed by atoms with van der Waals surface area (Å²) in [7, 11) is 2.60. The standard InChI is InChI=1S/C20H21N3O5/c1-27-19(25)15-8-9-16-14(22-15)6-4-12-23(16)17(24)10-7-13-5-3-11-21-18(13)20(26)28-2/h3,5,8-9,11H,4,6-7,10,12H2,1-2H3. The van der Waals surface area contributed by atoms with Gasteiger partial charge in [-0.15, -0.1) is 0 Å². The lowest BCUT2D eigenvalue weighted by Crippen LogP contribution is -2.36. The number of fused-ring (bicyclic) bond motifs is 1. The SMILES string of the molecule is COC(=O)c1ccc2c(n1)CCCN2C(=O)CCc1cccnc1C(=O)OC. The van der Waals surface area contributed by atoms with E-state index >= 15 is 0 Å². The summed E-state index contributed by atoms with van der Waals surface area (Å²) >= 11 is 0. The number of amides is 1. The summed E-state index contributed by atoms with van der Waals surface area (Å²) in [5, 5.41) is 0. The quantitative estimate of drug-likeness (QED) is 0.728. The molecule has 0 saturated carbocycles. The number of nitrogens with zero attached hydrogens (tertiary/aromatic N) is 3. The summed E-state index contributed by atoms with van der Waals surface area (Å²) in [6.45, 7) is 0.585. The number of methoxy groups -OCH3 is 2. The molecule has 8 heteroatoms. The Bertz CT molecular complexity index is 912. The van der Waals surface area contributed by atoms with Crippen LogP contribution in [0.15, 0.2) is 30.5 Å². The van der Waals surface area contributed by atoms with E-state index in [4.69, 9.17) is 9.47 Å². The number of carbonyl (C=O) groups is 3. The molecule has 0 aliphatic carbocycles. The summed E-state index contributed by atoms with van der Waals surface area (Å²) in [5.74, 6) is -1.10. The van der Waals surface area contributed by atoms with Crippen molar-refractivity contribution in [2.45, 2.75) is 25.7 Å². The van der Waals surface area contributed by atoms with Crippen LogP contribution in [0, 0.1) is 0 Å². The van der Waals surface area contributed by atoms with Crippen molar-refractivity contribution in [3.63, 3.8) is 0 Å². The van der Waals surface area contributed by atoms with Crippen LogP contribution in [0.1, 0.15) is 45.1 Å². The lowest BCUT2D eigenvalue weighted by molar-refractivity contribution is -0.118. The summed E-state index contributed by atoms with van der Waals surface area (Å²) in [4.78, 5) is 46.4. The third-order valence-electron chi connectivity index (χ3n) is 4.61. The predicted molar refractivity (Wildman–Crippen MR) is 100 cm³/mol. The lowest BCUT2D eigenvalue weighted by atomic mass is 10.0. The van der Waals surface area contributed by atoms with E-state index in [1.807, 2.05) is 0 Å². The summed E-state index contributed by atoms with van der Waals surface area (Å²) in [6.07, 6.45) is 3.56. The van der Waals surface area contributed by atoms with Gasteiger partial charge in [0.25, 0.3) is 0 Å². The maximum Gasteiger partial charge on any atom is 0.356 e. The van der Waals surface area contributed by atoms with Gasteiger partial charge in [-0.25, -0.2) is 19.6 Å². The molecule has 146 valence electrons. The van der Waals surface area contributed by atoms with Gasteiger partial charge in [0.2, 0.25) is 5.91 Å². The Morgan fingerprint density at radius 3 is 2.64 bits per heavy atom. The number of esters is 2. The minimum absolute atomic E-state index is 0.0757. The zero-order valence-corrected chi connectivity index (χ0v) is 15.8. The fourth-order valence-electron chi connectivity index (χ4n) is 3.22. The van der Waals surface area contributed by atoms with E-state index in [0.29, 0.717) is 36.3 Å². The highest BCUT2D eigenvalue weighted by molar-refractivity contribution is 5.95. The van der Waals surface area contributed by atoms with Crippen molar-refractivity contribution < 1.29 is 23.9 Å². The van der Waals surface area contributed by atoms with Crippen LogP contribution >= 0.6 is 0 Å². The van der Waals surface area contributed by atoms with E-state index < -0.39 is 11.9 Å². The highest BCUT2D eigenvalue weighted by Gasteiger charge is 2.25. The zero-order valence-electron chi connectivity index (χ0n) is 15.8. The van der Waals surface area contributed by atoms with Crippen LogP contribution in [-0.2, 0) is 27.1 Å². The molecule has 8 nitrogen and oxygen atoms in total. The minimum Gasteiger partial charge on any atom is -0.464 e. The van der Waals surface area contributed by atoms with Gasteiger partial charge < -0.3 is 14.4 Å². The monoisotopic (exact) mass is 383 g/mol. The van der Waals surface area contributed by atoms with E-state index in [-0.39, 0.29) is 23.7 Å². The molecule has 0 aromatic carbocycles. The van der Waals surface area contributed by atoms with Gasteiger partial charge in [0, 0.05) is 19.2 Å². The first kappa shape index (κ1) is 19.5. The Labute approximate surface area is 162 Å². The largest absolute Gasteiger partial charge is 0.464 e. The summed E-state index contributed by atoms with van der Waals surface area (Å²) in [6, 6.07) is 6.78. The maximum absolute atomic E-state index is 12.8. The molecule has 0 spiro atoms. The average Bonchev–Trinajstić information content (AvgIpc) is 2.75. The second-order valence-electron chi connectivity index (χ2n) is 6.31. The molecule has 0 atom stereocenters. The van der Waals surface area contributed by atoms with E-state index in [0.717, 1.165) is 6.42 Å². The second kappa shape index (κ2) is 8.60. The highest BCUT2D eigenvalue weighted by Crippen LogP contribution is 2.27. The normalized spacial score (nSPS) is 12.9. The molecule has 1 aliphatic rings. The van der Waals surface area contributed by atoms with Gasteiger partial charge in [0.15, 0.2) is 5.69 Å². The fraction of sp³-hybridized carbons (Fsp3) is 0.350. The van der Waals surface area contributed by atoms with E-state index in [2.05, 4.69) is 9.97 Å². The number of carbonyl (C=O) groups excluding carboxylic acids is 3. The predicted octanol–water partition coefficient (Wildman–Crippen LogP) is 1.96. The number of anilines is 1. The Balaban J connectivity index is 1.75. The Hall–Kier alpha value is -3.29. The number of rotatable bonds is 5. The van der Waals surface area contributed by atoms with Gasteiger partial charge in [-0.05, 0) is 43.0 Å². The van der Waals surface area contributed by atoms with Crippen LogP contribution in [-0.4, -0.2) is 48.6 Å². The Morgan fingerprint density at radius 2 is 1.89 bits per heavy atom. The Morgan fingerprint density at radius 1 is 1.11 bits per heavy atom. The van der Waals surface area contributed by atoms with Crippen molar-refractivity contribution in [2.75, 3.05) is 25.7 Å². The number of ether oxygens (including phenoxy) is 2. The van der Waals surface area contributed by atoms with Crippen LogP contribution in [0.25, 0.3) is 0 Å². The summed E-state index contributed by atoms with van der Waals surface area (Å²) in [5.41, 5.74) is 2.54. The van der Waals surface area contributed by atoms with E-state index in [1.165, 1.54) is 20.4 Å². The topological polar surface area (TPSA) is 98.7 Å². The molecular formula is C20H21N3O5. The van der Waals surface area contributed by atoms with Gasteiger partial charge in [0.05, 0.1) is 25.6 Å². The van der Waals surface area contributed by atoms with E-state index in [1.54, 1.807) is 29.2 Å². The smallest absolute Gasteiger partial charge is 0.356 e. The van der Waals surface area contributed by atoms with Crippen LogP contribution in [0.4, 0.5) is 5.69 Å². The number of hydrogen-bond acceptors (Lipinski definition) is 7. The maximum atomic E-state index is 12.8. The number of aromatic nitrogens is 2. The van der Waals surface area contributed by atoms with Gasteiger partial charge in [0.1, 0.15) is 5.69 Å². The van der Waals surface area contributed by atoms with Gasteiger partial charge in [-0.3, -0.25) is 4.79 Å². The van der Waals surface area contributed by atoms with Crippen molar-refractivity contribution in [3.8, 4) is 0 Å². The average molecular weight is 383 g/mol. The molecule has 0 saturated heterocycles. The van der Waals surface area contributed by atoms with E-state index in [9.17, 15) is 14.4 Å². The number of aryl methyl sites for hydroxylation is 2. The van der Waals surface area contributed by atoms with Crippen molar-refractivity contribution in [2.24, 2.45) is 0 Å². The lowest BCUT2D eigenvalue weighted by Gasteiger charge is -2.29. The molecule has 1 amide bonds.